The normalized spacial score (nSPS) is 14.8. The second-order valence-corrected chi connectivity index (χ2v) is 6.02. The van der Waals surface area contributed by atoms with Gasteiger partial charge in [-0.1, -0.05) is 24.0 Å². The van der Waals surface area contributed by atoms with E-state index in [1.54, 1.807) is 0 Å². The van der Waals surface area contributed by atoms with E-state index in [1.807, 2.05) is 24.3 Å². The number of aromatic amines is 1. The molecule has 124 valence electrons. The lowest BCUT2D eigenvalue weighted by molar-refractivity contribution is 0.447. The predicted molar refractivity (Wildman–Crippen MR) is 92.8 cm³/mol. The molecular weight excluding hydrogens is 302 g/mol. The molecule has 0 radical (unpaired) electrons. The van der Waals surface area contributed by atoms with Crippen molar-refractivity contribution < 1.29 is 5.11 Å². The molecule has 5 heteroatoms. The molecule has 0 aliphatic carbocycles. The third-order valence-corrected chi connectivity index (χ3v) is 4.27. The van der Waals surface area contributed by atoms with Crippen LogP contribution in [0.3, 0.4) is 0 Å². The van der Waals surface area contributed by atoms with Gasteiger partial charge >= 0.3 is 0 Å². The Labute approximate surface area is 141 Å². The second kappa shape index (κ2) is 7.80. The van der Waals surface area contributed by atoms with Gasteiger partial charge in [0.15, 0.2) is 0 Å². The number of aromatic nitrogens is 2. The first-order valence-corrected chi connectivity index (χ1v) is 8.29. The summed E-state index contributed by atoms with van der Waals surface area (Å²) in [6.45, 7) is 2.11. The summed E-state index contributed by atoms with van der Waals surface area (Å²) in [4.78, 5) is 17.7. The fraction of sp³-hybridized carbons (Fsp3) is 0.368. The highest BCUT2D eigenvalue weighted by Crippen LogP contribution is 2.13. The van der Waals surface area contributed by atoms with Crippen LogP contribution < -0.4 is 10.9 Å². The molecule has 2 aromatic rings. The van der Waals surface area contributed by atoms with Gasteiger partial charge < -0.3 is 15.4 Å². The fourth-order valence-electron chi connectivity index (χ4n) is 2.78. The molecule has 0 bridgehead atoms. The molecule has 1 aromatic heterocycles. The number of hydrogen-bond donors (Lipinski definition) is 3. The average Bonchev–Trinajstić information content (AvgIpc) is 2.63. The van der Waals surface area contributed by atoms with Gasteiger partial charge in [0, 0.05) is 11.5 Å². The van der Waals surface area contributed by atoms with Gasteiger partial charge in [0.05, 0.1) is 12.0 Å². The van der Waals surface area contributed by atoms with E-state index in [0.29, 0.717) is 24.5 Å². The standard InChI is InChI=1S/C19H21N3O2/c23-18-17(21-13-22-19(18)24)8-7-15-3-1-14(2-4-15)5-6-16-9-11-20-12-10-16/h1-4,13,16,20,23H,7-12H2,(H,21,22,24). The number of aromatic hydroxyl groups is 1. The van der Waals surface area contributed by atoms with Crippen molar-refractivity contribution in [1.82, 2.24) is 15.3 Å². The third-order valence-electron chi connectivity index (χ3n) is 4.27. The number of H-pyrrole nitrogens is 1. The smallest absolute Gasteiger partial charge is 0.293 e. The van der Waals surface area contributed by atoms with Crippen molar-refractivity contribution in [3.63, 3.8) is 0 Å². The minimum absolute atomic E-state index is 0.290. The Kier molecular flexibility index (Phi) is 5.29. The molecule has 1 aliphatic rings. The van der Waals surface area contributed by atoms with Gasteiger partial charge in [0.2, 0.25) is 5.75 Å². The Morgan fingerprint density at radius 3 is 2.67 bits per heavy atom. The molecule has 0 unspecified atom stereocenters. The zero-order valence-electron chi connectivity index (χ0n) is 13.5. The number of hydrogen-bond acceptors (Lipinski definition) is 4. The van der Waals surface area contributed by atoms with Crippen LogP contribution in [0.15, 0.2) is 35.4 Å². The van der Waals surface area contributed by atoms with Crippen molar-refractivity contribution in [3.05, 3.63) is 57.8 Å². The predicted octanol–water partition coefficient (Wildman–Crippen LogP) is 1.61. The molecule has 1 fully saturated rings. The van der Waals surface area contributed by atoms with Gasteiger partial charge in [-0.2, -0.15) is 0 Å². The lowest BCUT2D eigenvalue weighted by atomic mass is 9.98. The molecule has 0 amide bonds. The lowest BCUT2D eigenvalue weighted by Crippen LogP contribution is -2.26. The quantitative estimate of drug-likeness (QED) is 0.750. The van der Waals surface area contributed by atoms with E-state index in [4.69, 9.17) is 0 Å². The Bertz CT molecular complexity index is 794. The van der Waals surface area contributed by atoms with Gasteiger partial charge in [-0.05, 0) is 56.5 Å². The Morgan fingerprint density at radius 1 is 1.17 bits per heavy atom. The summed E-state index contributed by atoms with van der Waals surface area (Å²) in [5.41, 5.74) is 2.08. The van der Waals surface area contributed by atoms with E-state index >= 15 is 0 Å². The Balaban J connectivity index is 1.59. The lowest BCUT2D eigenvalue weighted by Gasteiger charge is -2.17. The molecule has 3 rings (SSSR count). The molecule has 2 heterocycles. The molecule has 0 atom stereocenters. The highest BCUT2D eigenvalue weighted by molar-refractivity contribution is 5.37. The number of aryl methyl sites for hydroxylation is 2. The Hall–Kier alpha value is -2.58. The van der Waals surface area contributed by atoms with Crippen LogP contribution >= 0.6 is 0 Å². The van der Waals surface area contributed by atoms with Crippen molar-refractivity contribution in [3.8, 4) is 17.6 Å². The van der Waals surface area contributed by atoms with Gasteiger partial charge in [0.25, 0.3) is 5.56 Å². The van der Waals surface area contributed by atoms with E-state index in [9.17, 15) is 9.90 Å². The summed E-state index contributed by atoms with van der Waals surface area (Å²) in [6.07, 6.45) is 4.80. The molecule has 24 heavy (non-hydrogen) atoms. The summed E-state index contributed by atoms with van der Waals surface area (Å²) < 4.78 is 0. The average molecular weight is 323 g/mol. The maximum absolute atomic E-state index is 11.3. The van der Waals surface area contributed by atoms with Crippen molar-refractivity contribution in [2.45, 2.75) is 25.7 Å². The molecule has 1 aromatic carbocycles. The maximum atomic E-state index is 11.3. The SMILES string of the molecule is O=c1[nH]cnc(CCc2ccc(C#CC3CCNCC3)cc2)c1O. The first-order valence-electron chi connectivity index (χ1n) is 8.29. The number of rotatable bonds is 3. The first-order chi connectivity index (χ1) is 11.7. The van der Waals surface area contributed by atoms with Crippen LogP contribution in [0.1, 0.15) is 29.7 Å². The van der Waals surface area contributed by atoms with Crippen LogP contribution in [0, 0.1) is 17.8 Å². The van der Waals surface area contributed by atoms with Crippen molar-refractivity contribution >= 4 is 0 Å². The molecule has 0 spiro atoms. The number of piperidine rings is 1. The van der Waals surface area contributed by atoms with Crippen molar-refractivity contribution in [2.75, 3.05) is 13.1 Å². The van der Waals surface area contributed by atoms with Crippen molar-refractivity contribution in [2.24, 2.45) is 5.92 Å². The molecule has 5 nitrogen and oxygen atoms in total. The van der Waals surface area contributed by atoms with Crippen LogP contribution in [0.2, 0.25) is 0 Å². The van der Waals surface area contributed by atoms with Gasteiger partial charge in [-0.15, -0.1) is 0 Å². The van der Waals surface area contributed by atoms with Crippen LogP contribution in [0.4, 0.5) is 0 Å². The van der Waals surface area contributed by atoms with Gasteiger partial charge in [-0.3, -0.25) is 4.79 Å². The highest BCUT2D eigenvalue weighted by atomic mass is 16.3. The minimum Gasteiger partial charge on any atom is -0.502 e. The molecule has 1 aliphatic heterocycles. The summed E-state index contributed by atoms with van der Waals surface area (Å²) in [6, 6.07) is 8.12. The summed E-state index contributed by atoms with van der Waals surface area (Å²) in [7, 11) is 0. The summed E-state index contributed by atoms with van der Waals surface area (Å²) in [5, 5.41) is 13.0. The topological polar surface area (TPSA) is 78.0 Å². The second-order valence-electron chi connectivity index (χ2n) is 6.02. The van der Waals surface area contributed by atoms with E-state index in [-0.39, 0.29) is 5.75 Å². The largest absolute Gasteiger partial charge is 0.502 e. The van der Waals surface area contributed by atoms with Crippen LogP contribution in [-0.2, 0) is 12.8 Å². The maximum Gasteiger partial charge on any atom is 0.293 e. The van der Waals surface area contributed by atoms with Crippen molar-refractivity contribution in [1.29, 1.82) is 0 Å². The molecular formula is C19H21N3O2. The number of benzene rings is 1. The van der Waals surface area contributed by atoms with E-state index < -0.39 is 5.56 Å². The van der Waals surface area contributed by atoms with E-state index in [1.165, 1.54) is 6.33 Å². The number of nitrogens with zero attached hydrogens (tertiary/aromatic N) is 1. The first kappa shape index (κ1) is 16.3. The summed E-state index contributed by atoms with van der Waals surface area (Å²) >= 11 is 0. The monoisotopic (exact) mass is 323 g/mol. The van der Waals surface area contributed by atoms with Gasteiger partial charge in [-0.25, -0.2) is 4.98 Å². The van der Waals surface area contributed by atoms with E-state index in [2.05, 4.69) is 27.1 Å². The third kappa shape index (κ3) is 4.24. The zero-order chi connectivity index (χ0) is 16.8. The van der Waals surface area contributed by atoms with Gasteiger partial charge in [0.1, 0.15) is 0 Å². The number of nitrogens with one attached hydrogen (secondary N) is 2. The summed E-state index contributed by atoms with van der Waals surface area (Å²) in [5.74, 6) is 6.82. The fourth-order valence-corrected chi connectivity index (χ4v) is 2.78. The zero-order valence-corrected chi connectivity index (χ0v) is 13.5. The van der Waals surface area contributed by atoms with Crippen LogP contribution in [-0.4, -0.2) is 28.2 Å². The van der Waals surface area contributed by atoms with Crippen LogP contribution in [0.25, 0.3) is 0 Å². The molecule has 0 saturated carbocycles. The van der Waals surface area contributed by atoms with E-state index in [0.717, 1.165) is 37.1 Å². The minimum atomic E-state index is -0.497. The van der Waals surface area contributed by atoms with Crippen LogP contribution in [0.5, 0.6) is 5.75 Å². The highest BCUT2D eigenvalue weighted by Gasteiger charge is 2.09. The molecule has 1 saturated heterocycles. The molecule has 3 N–H and O–H groups in total. The Morgan fingerprint density at radius 2 is 1.92 bits per heavy atom.